The molecule has 0 aromatic heterocycles. The SMILES string of the molecule is O=C(O)C(c1ccc(F)cc1)C1(O)CCCCC1. The summed E-state index contributed by atoms with van der Waals surface area (Å²) >= 11 is 0. The fourth-order valence-electron chi connectivity index (χ4n) is 2.79. The van der Waals surface area contributed by atoms with Crippen LogP contribution in [0, 0.1) is 5.82 Å². The molecule has 0 saturated heterocycles. The summed E-state index contributed by atoms with van der Waals surface area (Å²) in [6.45, 7) is 0. The lowest BCUT2D eigenvalue weighted by Crippen LogP contribution is -2.42. The molecular weight excluding hydrogens is 235 g/mol. The molecule has 98 valence electrons. The Morgan fingerprint density at radius 3 is 2.22 bits per heavy atom. The van der Waals surface area contributed by atoms with Gasteiger partial charge in [-0.15, -0.1) is 0 Å². The maximum absolute atomic E-state index is 12.9. The molecule has 1 aromatic carbocycles. The van der Waals surface area contributed by atoms with E-state index in [1.54, 1.807) is 0 Å². The molecule has 1 aliphatic rings. The number of rotatable bonds is 3. The van der Waals surface area contributed by atoms with Gasteiger partial charge < -0.3 is 10.2 Å². The van der Waals surface area contributed by atoms with Gasteiger partial charge in [-0.05, 0) is 30.5 Å². The van der Waals surface area contributed by atoms with E-state index in [1.807, 2.05) is 0 Å². The Morgan fingerprint density at radius 1 is 1.17 bits per heavy atom. The van der Waals surface area contributed by atoms with Crippen LogP contribution in [0.4, 0.5) is 4.39 Å². The van der Waals surface area contributed by atoms with Gasteiger partial charge in [-0.2, -0.15) is 0 Å². The minimum Gasteiger partial charge on any atom is -0.481 e. The van der Waals surface area contributed by atoms with Crippen molar-refractivity contribution in [1.82, 2.24) is 0 Å². The summed E-state index contributed by atoms with van der Waals surface area (Å²) in [7, 11) is 0. The van der Waals surface area contributed by atoms with E-state index in [2.05, 4.69) is 0 Å². The van der Waals surface area contributed by atoms with Gasteiger partial charge in [-0.1, -0.05) is 31.4 Å². The first-order valence-corrected chi connectivity index (χ1v) is 6.23. The van der Waals surface area contributed by atoms with Crippen molar-refractivity contribution in [3.8, 4) is 0 Å². The summed E-state index contributed by atoms with van der Waals surface area (Å²) in [6, 6.07) is 5.36. The Balaban J connectivity index is 2.33. The number of aliphatic carboxylic acids is 1. The van der Waals surface area contributed by atoms with Gasteiger partial charge in [-0.25, -0.2) is 4.39 Å². The lowest BCUT2D eigenvalue weighted by atomic mass is 9.73. The van der Waals surface area contributed by atoms with E-state index in [0.717, 1.165) is 19.3 Å². The van der Waals surface area contributed by atoms with Crippen LogP contribution in [-0.4, -0.2) is 21.8 Å². The van der Waals surface area contributed by atoms with Crippen molar-refractivity contribution >= 4 is 5.97 Å². The molecule has 1 unspecified atom stereocenters. The number of halogens is 1. The van der Waals surface area contributed by atoms with E-state index < -0.39 is 23.3 Å². The molecule has 2 rings (SSSR count). The van der Waals surface area contributed by atoms with Gasteiger partial charge in [0.05, 0.1) is 5.60 Å². The van der Waals surface area contributed by atoms with E-state index >= 15 is 0 Å². The Labute approximate surface area is 105 Å². The number of hydrogen-bond donors (Lipinski definition) is 2. The summed E-state index contributed by atoms with van der Waals surface area (Å²) in [6.07, 6.45) is 3.67. The van der Waals surface area contributed by atoms with Gasteiger partial charge in [0, 0.05) is 0 Å². The number of aliphatic hydroxyl groups is 1. The molecule has 0 spiro atoms. The lowest BCUT2D eigenvalue weighted by Gasteiger charge is -2.37. The Morgan fingerprint density at radius 2 is 1.72 bits per heavy atom. The highest BCUT2D eigenvalue weighted by Crippen LogP contribution is 2.40. The average molecular weight is 252 g/mol. The van der Waals surface area contributed by atoms with Crippen molar-refractivity contribution in [1.29, 1.82) is 0 Å². The summed E-state index contributed by atoms with van der Waals surface area (Å²) in [4.78, 5) is 11.4. The van der Waals surface area contributed by atoms with Crippen molar-refractivity contribution in [3.63, 3.8) is 0 Å². The summed E-state index contributed by atoms with van der Waals surface area (Å²) in [5, 5.41) is 19.9. The third-order valence-corrected chi connectivity index (χ3v) is 3.71. The second-order valence-corrected chi connectivity index (χ2v) is 4.99. The van der Waals surface area contributed by atoms with Crippen LogP contribution in [0.1, 0.15) is 43.6 Å². The van der Waals surface area contributed by atoms with Gasteiger partial charge >= 0.3 is 5.97 Å². The molecule has 2 N–H and O–H groups in total. The van der Waals surface area contributed by atoms with Crippen LogP contribution in [0.5, 0.6) is 0 Å². The first-order chi connectivity index (χ1) is 8.53. The normalized spacial score (nSPS) is 20.3. The van der Waals surface area contributed by atoms with Crippen LogP contribution in [0.3, 0.4) is 0 Å². The minimum absolute atomic E-state index is 0.404. The zero-order chi connectivity index (χ0) is 13.2. The van der Waals surface area contributed by atoms with E-state index in [9.17, 15) is 19.4 Å². The van der Waals surface area contributed by atoms with Crippen LogP contribution >= 0.6 is 0 Å². The van der Waals surface area contributed by atoms with Gasteiger partial charge in [0.1, 0.15) is 11.7 Å². The van der Waals surface area contributed by atoms with E-state index in [0.29, 0.717) is 18.4 Å². The van der Waals surface area contributed by atoms with Crippen LogP contribution in [0.15, 0.2) is 24.3 Å². The van der Waals surface area contributed by atoms with Crippen LogP contribution in [0.2, 0.25) is 0 Å². The first-order valence-electron chi connectivity index (χ1n) is 6.23. The highest BCUT2D eigenvalue weighted by atomic mass is 19.1. The summed E-state index contributed by atoms with van der Waals surface area (Å²) in [5.74, 6) is -2.43. The molecule has 1 atom stereocenters. The van der Waals surface area contributed by atoms with Crippen LogP contribution in [0.25, 0.3) is 0 Å². The zero-order valence-corrected chi connectivity index (χ0v) is 10.1. The molecule has 1 aliphatic carbocycles. The fraction of sp³-hybridized carbons (Fsp3) is 0.500. The van der Waals surface area contributed by atoms with Gasteiger partial charge in [-0.3, -0.25) is 4.79 Å². The predicted octanol–water partition coefficient (Wildman–Crippen LogP) is 2.69. The summed E-state index contributed by atoms with van der Waals surface area (Å²) in [5.41, 5.74) is -0.740. The van der Waals surface area contributed by atoms with Gasteiger partial charge in [0.25, 0.3) is 0 Å². The Kier molecular flexibility index (Phi) is 3.66. The molecule has 0 heterocycles. The van der Waals surface area contributed by atoms with Crippen LogP contribution in [-0.2, 0) is 4.79 Å². The minimum atomic E-state index is -1.21. The molecule has 0 bridgehead atoms. The number of hydrogen-bond acceptors (Lipinski definition) is 2. The molecule has 1 aromatic rings. The standard InChI is InChI=1S/C14H17FO3/c15-11-6-4-10(5-7-11)12(13(16)17)14(18)8-2-1-3-9-14/h4-7,12,18H,1-3,8-9H2,(H,16,17). The van der Waals surface area contributed by atoms with Crippen LogP contribution < -0.4 is 0 Å². The highest BCUT2D eigenvalue weighted by molar-refractivity contribution is 5.77. The third kappa shape index (κ3) is 2.53. The number of benzene rings is 1. The van der Waals surface area contributed by atoms with Gasteiger partial charge in [0.2, 0.25) is 0 Å². The monoisotopic (exact) mass is 252 g/mol. The predicted molar refractivity (Wildman–Crippen MR) is 64.8 cm³/mol. The lowest BCUT2D eigenvalue weighted by molar-refractivity contribution is -0.147. The van der Waals surface area contributed by atoms with E-state index in [1.165, 1.54) is 24.3 Å². The largest absolute Gasteiger partial charge is 0.481 e. The Bertz CT molecular complexity index is 421. The van der Waals surface area contributed by atoms with Crippen molar-refractivity contribution in [2.75, 3.05) is 0 Å². The topological polar surface area (TPSA) is 57.5 Å². The highest BCUT2D eigenvalue weighted by Gasteiger charge is 2.43. The quantitative estimate of drug-likeness (QED) is 0.869. The molecule has 0 aliphatic heterocycles. The second kappa shape index (κ2) is 5.06. The molecule has 4 heteroatoms. The van der Waals surface area contributed by atoms with Crippen molar-refractivity contribution in [2.45, 2.75) is 43.6 Å². The molecular formula is C14H17FO3. The maximum atomic E-state index is 12.9. The molecule has 18 heavy (non-hydrogen) atoms. The van der Waals surface area contributed by atoms with Crippen molar-refractivity contribution < 1.29 is 19.4 Å². The molecule has 3 nitrogen and oxygen atoms in total. The smallest absolute Gasteiger partial charge is 0.313 e. The average Bonchev–Trinajstić information content (AvgIpc) is 2.32. The van der Waals surface area contributed by atoms with E-state index in [-0.39, 0.29) is 0 Å². The first kappa shape index (κ1) is 13.0. The number of carbonyl (C=O) groups is 1. The number of carboxylic acid groups (broad SMARTS) is 1. The number of carboxylic acids is 1. The Hall–Kier alpha value is -1.42. The second-order valence-electron chi connectivity index (χ2n) is 4.99. The molecule has 0 amide bonds. The van der Waals surface area contributed by atoms with E-state index in [4.69, 9.17) is 0 Å². The van der Waals surface area contributed by atoms with Gasteiger partial charge in [0.15, 0.2) is 0 Å². The zero-order valence-electron chi connectivity index (χ0n) is 10.1. The molecule has 0 radical (unpaired) electrons. The molecule has 1 saturated carbocycles. The van der Waals surface area contributed by atoms with Crippen molar-refractivity contribution in [2.24, 2.45) is 0 Å². The fourth-order valence-corrected chi connectivity index (χ4v) is 2.79. The summed E-state index contributed by atoms with van der Waals surface area (Å²) < 4.78 is 12.9. The third-order valence-electron chi connectivity index (χ3n) is 3.71. The maximum Gasteiger partial charge on any atom is 0.313 e. The molecule has 1 fully saturated rings. The van der Waals surface area contributed by atoms with Crippen molar-refractivity contribution in [3.05, 3.63) is 35.6 Å².